The van der Waals surface area contributed by atoms with E-state index in [1.54, 1.807) is 0 Å². The highest BCUT2D eigenvalue weighted by Crippen LogP contribution is 2.51. The predicted molar refractivity (Wildman–Crippen MR) is 109 cm³/mol. The highest BCUT2D eigenvalue weighted by molar-refractivity contribution is 5.80. The summed E-state index contributed by atoms with van der Waals surface area (Å²) in [6.07, 6.45) is 9.17. The average Bonchev–Trinajstić information content (AvgIpc) is 3.16. The molecule has 5 nitrogen and oxygen atoms in total. The molecule has 1 aliphatic heterocycles. The van der Waals surface area contributed by atoms with Gasteiger partial charge in [0.2, 0.25) is 0 Å². The monoisotopic (exact) mass is 364 g/mol. The van der Waals surface area contributed by atoms with E-state index in [9.17, 15) is 0 Å². The number of guanidine groups is 1. The summed E-state index contributed by atoms with van der Waals surface area (Å²) in [4.78, 5) is 7.45. The van der Waals surface area contributed by atoms with Crippen LogP contribution in [0.5, 0.6) is 0 Å². The molecule has 3 rings (SSSR count). The lowest BCUT2D eigenvalue weighted by Gasteiger charge is -2.59. The predicted octanol–water partition coefficient (Wildman–Crippen LogP) is 3.15. The van der Waals surface area contributed by atoms with E-state index in [1.807, 2.05) is 7.11 Å². The van der Waals surface area contributed by atoms with E-state index in [4.69, 9.17) is 9.73 Å². The van der Waals surface area contributed by atoms with Gasteiger partial charge < -0.3 is 20.3 Å². The topological polar surface area (TPSA) is 48.9 Å². The quantitative estimate of drug-likeness (QED) is 0.581. The number of hydrogen-bond acceptors (Lipinski definition) is 3. The third kappa shape index (κ3) is 3.89. The number of aliphatic imine (C=N–C) groups is 1. The molecule has 26 heavy (non-hydrogen) atoms. The second-order valence-corrected chi connectivity index (χ2v) is 9.27. The van der Waals surface area contributed by atoms with E-state index in [0.717, 1.165) is 25.0 Å². The van der Waals surface area contributed by atoms with E-state index in [1.165, 1.54) is 51.6 Å². The number of ether oxygens (including phenoxy) is 1. The fourth-order valence-electron chi connectivity index (χ4n) is 5.05. The molecule has 1 heterocycles. The standard InChI is InChI=1S/C21H40N4O/c1-6-22-19(24-18-15-21(4,26-5)20(18,2)3)23-16-11-13-25(14-12-16)17-9-7-8-10-17/h16-18H,6-15H2,1-5H3,(H2,22,23,24). The van der Waals surface area contributed by atoms with Crippen molar-refractivity contribution in [2.45, 2.75) is 96.4 Å². The van der Waals surface area contributed by atoms with Gasteiger partial charge in [0, 0.05) is 50.3 Å². The Morgan fingerprint density at radius 2 is 1.73 bits per heavy atom. The summed E-state index contributed by atoms with van der Waals surface area (Å²) in [6.45, 7) is 12.2. The average molecular weight is 365 g/mol. The number of nitrogens with zero attached hydrogens (tertiary/aromatic N) is 2. The van der Waals surface area contributed by atoms with Gasteiger partial charge in [0.1, 0.15) is 0 Å². The summed E-state index contributed by atoms with van der Waals surface area (Å²) in [5.74, 6) is 0.989. The van der Waals surface area contributed by atoms with E-state index >= 15 is 0 Å². The Labute approximate surface area is 160 Å². The first-order valence-corrected chi connectivity index (χ1v) is 10.8. The molecule has 5 heteroatoms. The van der Waals surface area contributed by atoms with Gasteiger partial charge in [0.15, 0.2) is 5.96 Å². The minimum absolute atomic E-state index is 0.0470. The van der Waals surface area contributed by atoms with Crippen molar-refractivity contribution in [3.63, 3.8) is 0 Å². The Kier molecular flexibility index (Phi) is 6.18. The second-order valence-electron chi connectivity index (χ2n) is 9.27. The molecular weight excluding hydrogens is 324 g/mol. The van der Waals surface area contributed by atoms with Gasteiger partial charge in [-0.25, -0.2) is 0 Å². The smallest absolute Gasteiger partial charge is 0.191 e. The molecule has 2 aliphatic carbocycles. The maximum absolute atomic E-state index is 5.77. The van der Waals surface area contributed by atoms with Crippen molar-refractivity contribution in [3.8, 4) is 0 Å². The molecule has 2 saturated carbocycles. The number of nitrogens with one attached hydrogen (secondary N) is 2. The maximum atomic E-state index is 5.77. The van der Waals surface area contributed by atoms with Crippen LogP contribution in [0.15, 0.2) is 4.99 Å². The van der Waals surface area contributed by atoms with Crippen LogP contribution in [0.3, 0.4) is 0 Å². The van der Waals surface area contributed by atoms with Crippen LogP contribution in [0.1, 0.15) is 72.6 Å². The summed E-state index contributed by atoms with van der Waals surface area (Å²) in [7, 11) is 1.83. The zero-order valence-electron chi connectivity index (χ0n) is 17.6. The molecule has 2 unspecified atom stereocenters. The molecule has 0 aromatic heterocycles. The van der Waals surface area contributed by atoms with Crippen LogP contribution in [-0.4, -0.2) is 61.3 Å². The lowest BCUT2D eigenvalue weighted by Crippen LogP contribution is -2.70. The fraction of sp³-hybridized carbons (Fsp3) is 0.952. The first kappa shape index (κ1) is 19.9. The number of piperidine rings is 1. The molecule has 0 aromatic carbocycles. The van der Waals surface area contributed by atoms with Crippen molar-refractivity contribution < 1.29 is 4.74 Å². The van der Waals surface area contributed by atoms with Crippen LogP contribution in [0.4, 0.5) is 0 Å². The van der Waals surface area contributed by atoms with Crippen LogP contribution in [0.25, 0.3) is 0 Å². The van der Waals surface area contributed by atoms with Gasteiger partial charge in [-0.3, -0.25) is 4.99 Å². The van der Waals surface area contributed by atoms with Gasteiger partial charge in [-0.05, 0) is 46.0 Å². The molecule has 2 N–H and O–H groups in total. The Morgan fingerprint density at radius 1 is 1.08 bits per heavy atom. The summed E-state index contributed by atoms with van der Waals surface area (Å²) in [6, 6.07) is 1.81. The van der Waals surface area contributed by atoms with Gasteiger partial charge >= 0.3 is 0 Å². The molecule has 0 bridgehead atoms. The lowest BCUT2D eigenvalue weighted by atomic mass is 9.56. The van der Waals surface area contributed by atoms with E-state index < -0.39 is 0 Å². The van der Waals surface area contributed by atoms with Crippen LogP contribution >= 0.6 is 0 Å². The van der Waals surface area contributed by atoms with Crippen molar-refractivity contribution in [3.05, 3.63) is 0 Å². The van der Waals surface area contributed by atoms with Gasteiger partial charge in [-0.2, -0.15) is 0 Å². The van der Waals surface area contributed by atoms with Crippen molar-refractivity contribution in [2.75, 3.05) is 26.7 Å². The molecule has 0 aromatic rings. The van der Waals surface area contributed by atoms with Crippen molar-refractivity contribution >= 4 is 5.96 Å². The Morgan fingerprint density at radius 3 is 2.27 bits per heavy atom. The van der Waals surface area contributed by atoms with Crippen LogP contribution in [-0.2, 0) is 4.74 Å². The number of likely N-dealkylation sites (tertiary alicyclic amines) is 1. The molecule has 1 saturated heterocycles. The molecule has 0 spiro atoms. The summed E-state index contributed by atoms with van der Waals surface area (Å²) in [5.41, 5.74) is 0.0540. The highest BCUT2D eigenvalue weighted by atomic mass is 16.5. The molecule has 0 radical (unpaired) electrons. The van der Waals surface area contributed by atoms with Crippen molar-refractivity contribution in [2.24, 2.45) is 10.4 Å². The normalized spacial score (nSPS) is 33.9. The van der Waals surface area contributed by atoms with Gasteiger partial charge in [0.25, 0.3) is 0 Å². The zero-order chi connectivity index (χ0) is 18.8. The number of rotatable bonds is 5. The molecule has 0 amide bonds. The summed E-state index contributed by atoms with van der Waals surface area (Å²) >= 11 is 0. The largest absolute Gasteiger partial charge is 0.378 e. The minimum Gasteiger partial charge on any atom is -0.378 e. The maximum Gasteiger partial charge on any atom is 0.191 e. The van der Waals surface area contributed by atoms with Crippen molar-refractivity contribution in [1.29, 1.82) is 0 Å². The number of methoxy groups -OCH3 is 1. The third-order valence-corrected chi connectivity index (χ3v) is 7.62. The molecule has 150 valence electrons. The Hall–Kier alpha value is -0.810. The van der Waals surface area contributed by atoms with Gasteiger partial charge in [0.05, 0.1) is 5.60 Å². The minimum atomic E-state index is -0.0470. The van der Waals surface area contributed by atoms with Gasteiger partial charge in [-0.15, -0.1) is 0 Å². The Balaban J connectivity index is 1.50. The van der Waals surface area contributed by atoms with Gasteiger partial charge in [-0.1, -0.05) is 26.7 Å². The first-order valence-electron chi connectivity index (χ1n) is 10.8. The van der Waals surface area contributed by atoms with E-state index in [0.29, 0.717) is 12.1 Å². The molecule has 2 atom stereocenters. The first-order chi connectivity index (χ1) is 12.4. The summed E-state index contributed by atoms with van der Waals surface area (Å²) < 4.78 is 5.77. The summed E-state index contributed by atoms with van der Waals surface area (Å²) in [5, 5.41) is 7.41. The molecule has 3 fully saturated rings. The third-order valence-electron chi connectivity index (χ3n) is 7.62. The molecular formula is C21H40N4O. The molecule has 3 aliphatic rings. The van der Waals surface area contributed by atoms with Crippen molar-refractivity contribution in [1.82, 2.24) is 15.5 Å². The zero-order valence-corrected chi connectivity index (χ0v) is 17.6. The van der Waals surface area contributed by atoms with Crippen LogP contribution in [0.2, 0.25) is 0 Å². The number of hydrogen-bond donors (Lipinski definition) is 2. The second kappa shape index (κ2) is 8.05. The van der Waals surface area contributed by atoms with E-state index in [2.05, 4.69) is 43.2 Å². The van der Waals surface area contributed by atoms with Crippen LogP contribution in [0, 0.1) is 5.41 Å². The lowest BCUT2D eigenvalue weighted by molar-refractivity contribution is -0.176. The fourth-order valence-corrected chi connectivity index (χ4v) is 5.05. The SMILES string of the molecule is CCN=C(NC1CCN(C2CCCC2)CC1)NC1CC(C)(OC)C1(C)C. The van der Waals surface area contributed by atoms with E-state index in [-0.39, 0.29) is 11.0 Å². The highest BCUT2D eigenvalue weighted by Gasteiger charge is 2.58. The Bertz CT molecular complexity index is 492. The van der Waals surface area contributed by atoms with Crippen LogP contribution < -0.4 is 10.6 Å².